The summed E-state index contributed by atoms with van der Waals surface area (Å²) >= 11 is 2.02. The van der Waals surface area contributed by atoms with Crippen molar-refractivity contribution >= 4 is 34.7 Å². The summed E-state index contributed by atoms with van der Waals surface area (Å²) in [5.41, 5.74) is 3.19. The number of phenolic OH excluding ortho intramolecular Hbond substituents is 1. The van der Waals surface area contributed by atoms with Crippen molar-refractivity contribution in [1.29, 1.82) is 0 Å². The van der Waals surface area contributed by atoms with E-state index in [1.165, 1.54) is 6.21 Å². The zero-order valence-electron chi connectivity index (χ0n) is 11.9. The summed E-state index contributed by atoms with van der Waals surface area (Å²) < 4.78 is 11.8. The lowest BCUT2D eigenvalue weighted by molar-refractivity contribution is -0.130. The maximum absolute atomic E-state index is 12.0. The van der Waals surface area contributed by atoms with Crippen molar-refractivity contribution in [2.75, 3.05) is 6.61 Å². The summed E-state index contributed by atoms with van der Waals surface area (Å²) in [7, 11) is 0. The van der Waals surface area contributed by atoms with Crippen LogP contribution in [0.2, 0.25) is 0 Å². The van der Waals surface area contributed by atoms with E-state index >= 15 is 0 Å². The number of aromatic hydroxyl groups is 1. The highest BCUT2D eigenvalue weighted by Crippen LogP contribution is 2.30. The predicted molar refractivity (Wildman–Crippen MR) is 92.9 cm³/mol. The zero-order chi connectivity index (χ0) is 16.2. The molecule has 0 bridgehead atoms. The van der Waals surface area contributed by atoms with Crippen LogP contribution in [-0.2, 0) is 4.79 Å². The topological polar surface area (TPSA) is 80.2 Å². The Labute approximate surface area is 146 Å². The van der Waals surface area contributed by atoms with Crippen molar-refractivity contribution < 1.29 is 19.4 Å². The molecule has 0 aromatic heterocycles. The van der Waals surface area contributed by atoms with Gasteiger partial charge in [0.2, 0.25) is 6.10 Å². The van der Waals surface area contributed by atoms with Gasteiger partial charge < -0.3 is 14.6 Å². The van der Waals surface area contributed by atoms with Gasteiger partial charge in [0.25, 0.3) is 5.91 Å². The van der Waals surface area contributed by atoms with Gasteiger partial charge in [-0.1, -0.05) is 12.1 Å². The van der Waals surface area contributed by atoms with Crippen molar-refractivity contribution in [2.45, 2.75) is 6.10 Å². The fourth-order valence-corrected chi connectivity index (χ4v) is 2.53. The van der Waals surface area contributed by atoms with E-state index in [0.29, 0.717) is 15.1 Å². The number of amides is 1. The molecule has 7 heteroatoms. The lowest BCUT2D eigenvalue weighted by Crippen LogP contribution is -2.42. The number of rotatable bonds is 3. The first-order valence-corrected chi connectivity index (χ1v) is 7.91. The Balaban J connectivity index is 1.59. The molecule has 0 unspecified atom stereocenters. The third-order valence-electron chi connectivity index (χ3n) is 3.16. The van der Waals surface area contributed by atoms with Crippen molar-refractivity contribution in [3.8, 4) is 17.2 Å². The molecule has 0 fully saturated rings. The number of nitrogens with one attached hydrogen (secondary N) is 1. The number of carbonyl (C=O) groups excluding carboxylic acids is 1. The number of hydrogen-bond acceptors (Lipinski definition) is 5. The van der Waals surface area contributed by atoms with E-state index in [4.69, 9.17) is 9.47 Å². The van der Waals surface area contributed by atoms with Crippen LogP contribution in [0.15, 0.2) is 47.6 Å². The first-order valence-electron chi connectivity index (χ1n) is 6.83. The van der Waals surface area contributed by atoms with Crippen molar-refractivity contribution in [1.82, 2.24) is 5.43 Å². The van der Waals surface area contributed by atoms with Crippen molar-refractivity contribution in [3.05, 3.63) is 51.6 Å². The number of para-hydroxylation sites is 2. The number of benzene rings is 2. The molecule has 2 aromatic rings. The summed E-state index contributed by atoms with van der Waals surface area (Å²) in [6.07, 6.45) is 0.749. The highest BCUT2D eigenvalue weighted by molar-refractivity contribution is 14.1. The average molecular weight is 424 g/mol. The number of phenols is 1. The molecule has 0 aliphatic carbocycles. The smallest absolute Gasteiger partial charge is 0.284 e. The number of nitrogens with zero attached hydrogens (tertiary/aromatic N) is 1. The molecule has 1 aliphatic rings. The molecule has 1 heterocycles. The summed E-state index contributed by atoms with van der Waals surface area (Å²) in [5, 5.41) is 13.4. The maximum atomic E-state index is 12.0. The highest BCUT2D eigenvalue weighted by atomic mass is 127. The van der Waals surface area contributed by atoms with Gasteiger partial charge in [-0.25, -0.2) is 5.43 Å². The molecule has 1 aliphatic heterocycles. The molecule has 23 heavy (non-hydrogen) atoms. The summed E-state index contributed by atoms with van der Waals surface area (Å²) in [4.78, 5) is 12.0. The molecule has 0 spiro atoms. The quantitative estimate of drug-likeness (QED) is 0.450. The number of hydrazone groups is 1. The van der Waals surface area contributed by atoms with Gasteiger partial charge in [-0.2, -0.15) is 5.10 Å². The van der Waals surface area contributed by atoms with Crippen LogP contribution in [0.5, 0.6) is 17.2 Å². The van der Waals surface area contributed by atoms with Crippen LogP contribution in [0.3, 0.4) is 0 Å². The van der Waals surface area contributed by atoms with Gasteiger partial charge in [-0.05, 0) is 58.5 Å². The normalized spacial score (nSPS) is 16.3. The largest absolute Gasteiger partial charge is 0.507 e. The van der Waals surface area contributed by atoms with Gasteiger partial charge in [-0.15, -0.1) is 0 Å². The van der Waals surface area contributed by atoms with Crippen LogP contribution < -0.4 is 14.9 Å². The van der Waals surface area contributed by atoms with Gasteiger partial charge in [0, 0.05) is 0 Å². The monoisotopic (exact) mass is 424 g/mol. The lowest BCUT2D eigenvalue weighted by Gasteiger charge is -2.24. The summed E-state index contributed by atoms with van der Waals surface area (Å²) in [5.74, 6) is 0.983. The maximum Gasteiger partial charge on any atom is 0.284 e. The minimum absolute atomic E-state index is 0.134. The minimum atomic E-state index is -0.748. The number of fused-ring (bicyclic) bond motifs is 1. The van der Waals surface area contributed by atoms with Crippen molar-refractivity contribution in [3.63, 3.8) is 0 Å². The summed E-state index contributed by atoms with van der Waals surface area (Å²) in [6.45, 7) is 0.134. The van der Waals surface area contributed by atoms with Crippen LogP contribution in [-0.4, -0.2) is 29.9 Å². The van der Waals surface area contributed by atoms with Gasteiger partial charge in [0.15, 0.2) is 11.5 Å². The Morgan fingerprint density at radius 2 is 2.09 bits per heavy atom. The highest BCUT2D eigenvalue weighted by Gasteiger charge is 2.26. The Bertz CT molecular complexity index is 763. The van der Waals surface area contributed by atoms with Crippen LogP contribution in [0.1, 0.15) is 5.56 Å². The molecule has 2 aromatic carbocycles. The standard InChI is InChI=1S/C16H13IN2O4/c17-11-7-10(5-6-12(11)20)8-18-19-16(21)15-9-22-13-3-1-2-4-14(13)23-15/h1-8,15,20H,9H2,(H,19,21)/b18-8+/t15-/m1/s1. The number of hydrogen-bond donors (Lipinski definition) is 2. The minimum Gasteiger partial charge on any atom is -0.507 e. The molecule has 118 valence electrons. The van der Waals surface area contributed by atoms with E-state index in [9.17, 15) is 9.90 Å². The van der Waals surface area contributed by atoms with Crippen LogP contribution in [0, 0.1) is 3.57 Å². The van der Waals surface area contributed by atoms with E-state index in [1.807, 2.05) is 34.7 Å². The number of carbonyl (C=O) groups is 1. The van der Waals surface area contributed by atoms with E-state index in [1.54, 1.807) is 30.3 Å². The molecule has 2 N–H and O–H groups in total. The van der Waals surface area contributed by atoms with Crippen LogP contribution in [0.4, 0.5) is 0 Å². The lowest BCUT2D eigenvalue weighted by atomic mass is 10.2. The van der Waals surface area contributed by atoms with Crippen LogP contribution in [0.25, 0.3) is 0 Å². The molecular weight excluding hydrogens is 411 g/mol. The van der Waals surface area contributed by atoms with Gasteiger partial charge in [0.05, 0.1) is 9.78 Å². The van der Waals surface area contributed by atoms with Gasteiger partial charge >= 0.3 is 0 Å². The Kier molecular flexibility index (Phi) is 4.65. The Morgan fingerprint density at radius 1 is 1.30 bits per heavy atom. The van der Waals surface area contributed by atoms with E-state index in [0.717, 1.165) is 5.56 Å². The van der Waals surface area contributed by atoms with Crippen molar-refractivity contribution in [2.24, 2.45) is 5.10 Å². The van der Waals surface area contributed by atoms with Gasteiger partial charge in [0.1, 0.15) is 12.4 Å². The second-order valence-electron chi connectivity index (χ2n) is 4.81. The van der Waals surface area contributed by atoms with Gasteiger partial charge in [-0.3, -0.25) is 4.79 Å². The first-order chi connectivity index (χ1) is 11.1. The van der Waals surface area contributed by atoms with E-state index in [2.05, 4.69) is 10.5 Å². The fraction of sp³-hybridized carbons (Fsp3) is 0.125. The molecule has 1 atom stereocenters. The SMILES string of the molecule is O=C(N/N=C/c1ccc(O)c(I)c1)[C@H]1COc2ccccc2O1. The Morgan fingerprint density at radius 3 is 2.87 bits per heavy atom. The summed E-state index contributed by atoms with van der Waals surface area (Å²) in [6, 6.07) is 12.2. The molecule has 3 rings (SSSR count). The third kappa shape index (κ3) is 3.73. The third-order valence-corrected chi connectivity index (χ3v) is 4.03. The molecule has 6 nitrogen and oxygen atoms in total. The van der Waals surface area contributed by atoms with Crippen LogP contribution >= 0.6 is 22.6 Å². The first kappa shape index (κ1) is 15.6. The Hall–Kier alpha value is -2.29. The molecule has 0 radical (unpaired) electrons. The number of halogens is 1. The van der Waals surface area contributed by atoms with E-state index < -0.39 is 6.10 Å². The second kappa shape index (κ2) is 6.86. The average Bonchev–Trinajstić information content (AvgIpc) is 2.57. The molecule has 1 amide bonds. The zero-order valence-corrected chi connectivity index (χ0v) is 14.1. The van der Waals surface area contributed by atoms with E-state index in [-0.39, 0.29) is 18.3 Å². The number of ether oxygens (including phenoxy) is 2. The molecule has 0 saturated heterocycles. The predicted octanol–water partition coefficient (Wildman–Crippen LogP) is 2.29. The molecular formula is C16H13IN2O4. The fourth-order valence-electron chi connectivity index (χ4n) is 1.99. The molecule has 0 saturated carbocycles. The second-order valence-corrected chi connectivity index (χ2v) is 5.97.